The smallest absolute Gasteiger partial charge is 0.107 e. The van der Waals surface area contributed by atoms with Crippen molar-refractivity contribution in [3.8, 4) is 0 Å². The predicted molar refractivity (Wildman–Crippen MR) is 90.8 cm³/mol. The highest BCUT2D eigenvalue weighted by Crippen LogP contribution is 2.21. The van der Waals surface area contributed by atoms with Crippen LogP contribution in [-0.4, -0.2) is 46.4 Å². The molecule has 0 radical (unpaired) electrons. The van der Waals surface area contributed by atoms with Crippen LogP contribution in [0, 0.1) is 12.8 Å². The van der Waals surface area contributed by atoms with Crippen molar-refractivity contribution in [2.75, 3.05) is 26.7 Å². The van der Waals surface area contributed by atoms with Crippen molar-refractivity contribution in [1.29, 1.82) is 0 Å². The Morgan fingerprint density at radius 3 is 3.09 bits per heavy atom. The monoisotopic (exact) mass is 316 g/mol. The first-order valence-electron chi connectivity index (χ1n) is 7.90. The average Bonchev–Trinajstić information content (AvgIpc) is 3.09. The van der Waals surface area contributed by atoms with Crippen molar-refractivity contribution < 1.29 is 0 Å². The third kappa shape index (κ3) is 4.35. The predicted octanol–water partition coefficient (Wildman–Crippen LogP) is 2.80. The van der Waals surface area contributed by atoms with Crippen molar-refractivity contribution >= 4 is 11.3 Å². The van der Waals surface area contributed by atoms with Crippen molar-refractivity contribution in [1.82, 2.24) is 19.8 Å². The number of aryl methyl sites for hydroxylation is 1. The first kappa shape index (κ1) is 15.6. The Balaban J connectivity index is 1.44. The Bertz CT molecular complexity index is 583. The number of likely N-dealkylation sites (tertiary alicyclic amines) is 1. The minimum Gasteiger partial charge on any atom is -0.302 e. The van der Waals surface area contributed by atoms with Gasteiger partial charge in [-0.2, -0.15) is 0 Å². The zero-order valence-corrected chi connectivity index (χ0v) is 14.2. The van der Waals surface area contributed by atoms with Gasteiger partial charge in [0.1, 0.15) is 5.01 Å². The summed E-state index contributed by atoms with van der Waals surface area (Å²) < 4.78 is 0. The van der Waals surface area contributed by atoms with Crippen LogP contribution < -0.4 is 0 Å². The van der Waals surface area contributed by atoms with Gasteiger partial charge in [0.2, 0.25) is 0 Å². The van der Waals surface area contributed by atoms with Gasteiger partial charge in [-0.1, -0.05) is 6.07 Å². The highest BCUT2D eigenvalue weighted by molar-refractivity contribution is 7.09. The Hall–Kier alpha value is -1.30. The largest absolute Gasteiger partial charge is 0.302 e. The first-order valence-corrected chi connectivity index (χ1v) is 8.78. The topological polar surface area (TPSA) is 32.3 Å². The minimum atomic E-state index is 0.766. The molecule has 5 heteroatoms. The van der Waals surface area contributed by atoms with Gasteiger partial charge in [0.05, 0.1) is 6.54 Å². The van der Waals surface area contributed by atoms with Crippen molar-refractivity contribution in [2.24, 2.45) is 5.92 Å². The molecule has 22 heavy (non-hydrogen) atoms. The van der Waals surface area contributed by atoms with E-state index in [2.05, 4.69) is 45.2 Å². The van der Waals surface area contributed by atoms with Crippen LogP contribution in [0.4, 0.5) is 0 Å². The molecule has 0 bridgehead atoms. The fourth-order valence-corrected chi connectivity index (χ4v) is 3.99. The fourth-order valence-electron chi connectivity index (χ4n) is 3.18. The quantitative estimate of drug-likeness (QED) is 0.820. The number of rotatable bonds is 6. The highest BCUT2D eigenvalue weighted by Gasteiger charge is 2.24. The fraction of sp³-hybridized carbons (Fsp3) is 0.529. The maximum Gasteiger partial charge on any atom is 0.107 e. The van der Waals surface area contributed by atoms with E-state index in [1.54, 1.807) is 11.3 Å². The number of nitrogens with zero attached hydrogens (tertiary/aromatic N) is 4. The van der Waals surface area contributed by atoms with Crippen LogP contribution in [0.2, 0.25) is 0 Å². The zero-order chi connectivity index (χ0) is 15.4. The van der Waals surface area contributed by atoms with E-state index in [-0.39, 0.29) is 0 Å². The molecule has 1 aliphatic rings. The van der Waals surface area contributed by atoms with Crippen molar-refractivity contribution in [3.05, 3.63) is 46.2 Å². The van der Waals surface area contributed by atoms with Crippen LogP contribution in [-0.2, 0) is 13.1 Å². The molecular weight excluding hydrogens is 292 g/mol. The van der Waals surface area contributed by atoms with E-state index in [1.165, 1.54) is 30.1 Å². The van der Waals surface area contributed by atoms with Gasteiger partial charge >= 0.3 is 0 Å². The molecule has 2 aromatic heterocycles. The molecule has 2 aromatic rings. The minimum absolute atomic E-state index is 0.766. The molecule has 1 fully saturated rings. The number of thiazole rings is 1. The molecule has 1 aliphatic heterocycles. The zero-order valence-electron chi connectivity index (χ0n) is 13.4. The molecule has 3 heterocycles. The molecule has 1 saturated heterocycles. The van der Waals surface area contributed by atoms with Crippen LogP contribution in [0.5, 0.6) is 0 Å². The lowest BCUT2D eigenvalue weighted by Gasteiger charge is -2.21. The molecule has 3 rings (SSSR count). The maximum atomic E-state index is 4.58. The van der Waals surface area contributed by atoms with E-state index in [0.717, 1.165) is 31.2 Å². The van der Waals surface area contributed by atoms with Crippen LogP contribution in [0.15, 0.2) is 29.9 Å². The summed E-state index contributed by atoms with van der Waals surface area (Å²) in [5.74, 6) is 0.766. The Labute approximate surface area is 136 Å². The summed E-state index contributed by atoms with van der Waals surface area (Å²) >= 11 is 1.78. The van der Waals surface area contributed by atoms with Gasteiger partial charge in [0, 0.05) is 43.1 Å². The van der Waals surface area contributed by atoms with Gasteiger partial charge in [0.25, 0.3) is 0 Å². The molecule has 0 saturated carbocycles. The molecular formula is C17H24N4S. The number of hydrogen-bond donors (Lipinski definition) is 0. The summed E-state index contributed by atoms with van der Waals surface area (Å²) in [4.78, 5) is 13.7. The first-order chi connectivity index (χ1) is 10.7. The second-order valence-corrected chi connectivity index (χ2v) is 7.27. The molecule has 4 nitrogen and oxygen atoms in total. The lowest BCUT2D eigenvalue weighted by molar-refractivity contribution is 0.254. The highest BCUT2D eigenvalue weighted by atomic mass is 32.1. The summed E-state index contributed by atoms with van der Waals surface area (Å²) in [6, 6.07) is 4.16. The second-order valence-electron chi connectivity index (χ2n) is 6.33. The van der Waals surface area contributed by atoms with Crippen LogP contribution in [0.1, 0.15) is 22.7 Å². The summed E-state index contributed by atoms with van der Waals surface area (Å²) in [6.07, 6.45) is 5.09. The Kier molecular flexibility index (Phi) is 5.18. The average molecular weight is 316 g/mol. The molecule has 0 N–H and O–H groups in total. The van der Waals surface area contributed by atoms with Gasteiger partial charge in [-0.05, 0) is 44.5 Å². The molecule has 118 valence electrons. The third-order valence-electron chi connectivity index (χ3n) is 4.14. The van der Waals surface area contributed by atoms with Crippen molar-refractivity contribution in [3.63, 3.8) is 0 Å². The van der Waals surface area contributed by atoms with Crippen LogP contribution in [0.25, 0.3) is 0 Å². The van der Waals surface area contributed by atoms with Gasteiger partial charge in [-0.15, -0.1) is 11.3 Å². The molecule has 0 spiro atoms. The second kappa shape index (κ2) is 7.31. The summed E-state index contributed by atoms with van der Waals surface area (Å²) in [5, 5.41) is 3.40. The van der Waals surface area contributed by atoms with Crippen molar-refractivity contribution in [2.45, 2.75) is 26.4 Å². The van der Waals surface area contributed by atoms with E-state index < -0.39 is 0 Å². The van der Waals surface area contributed by atoms with Gasteiger partial charge in [-0.3, -0.25) is 9.88 Å². The normalized spacial score (nSPS) is 19.1. The van der Waals surface area contributed by atoms with Gasteiger partial charge < -0.3 is 4.90 Å². The lowest BCUT2D eigenvalue weighted by atomic mass is 10.1. The molecule has 1 atom stereocenters. The van der Waals surface area contributed by atoms with Crippen LogP contribution in [0.3, 0.4) is 0 Å². The SMILES string of the molecule is Cc1csc(CN2CC[C@@H](CN(C)Cc3cccnc3)C2)n1. The number of hydrogen-bond acceptors (Lipinski definition) is 5. The molecule has 0 amide bonds. The summed E-state index contributed by atoms with van der Waals surface area (Å²) in [7, 11) is 2.21. The Morgan fingerprint density at radius 2 is 2.36 bits per heavy atom. The maximum absolute atomic E-state index is 4.58. The summed E-state index contributed by atoms with van der Waals surface area (Å²) in [6.45, 7) is 7.61. The van der Waals surface area contributed by atoms with Gasteiger partial charge in [0.15, 0.2) is 0 Å². The number of pyridine rings is 1. The van der Waals surface area contributed by atoms with Crippen LogP contribution >= 0.6 is 11.3 Å². The lowest BCUT2D eigenvalue weighted by Crippen LogP contribution is -2.28. The van der Waals surface area contributed by atoms with Gasteiger partial charge in [-0.25, -0.2) is 4.98 Å². The number of aromatic nitrogens is 2. The Morgan fingerprint density at radius 1 is 1.45 bits per heavy atom. The van der Waals surface area contributed by atoms with E-state index >= 15 is 0 Å². The standard InChI is InChI=1S/C17H24N4S/c1-14-13-22-17(19-14)12-21-7-5-16(11-21)10-20(2)9-15-4-3-6-18-8-15/h3-4,6,8,13,16H,5,7,9-12H2,1-2H3/t16-/m0/s1. The van der Waals surface area contributed by atoms with E-state index in [4.69, 9.17) is 0 Å². The van der Waals surface area contributed by atoms with E-state index in [9.17, 15) is 0 Å². The van der Waals surface area contributed by atoms with E-state index in [0.29, 0.717) is 0 Å². The molecule has 0 aromatic carbocycles. The summed E-state index contributed by atoms with van der Waals surface area (Å²) in [5.41, 5.74) is 2.44. The molecule has 0 unspecified atom stereocenters. The van der Waals surface area contributed by atoms with E-state index in [1.807, 2.05) is 18.5 Å². The molecule has 0 aliphatic carbocycles. The third-order valence-corrected chi connectivity index (χ3v) is 5.09.